The number of halogens is 1. The number of hydrogen-bond acceptors (Lipinski definition) is 2. The fourth-order valence-electron chi connectivity index (χ4n) is 2.95. The molecule has 3 unspecified atom stereocenters. The summed E-state index contributed by atoms with van der Waals surface area (Å²) in [4.78, 5) is 14.2. The summed E-state index contributed by atoms with van der Waals surface area (Å²) in [5.74, 6) is 1.81. The zero-order chi connectivity index (χ0) is 12.3. The van der Waals surface area contributed by atoms with Crippen LogP contribution in [0.2, 0.25) is 0 Å². The molecule has 1 N–H and O–H groups in total. The van der Waals surface area contributed by atoms with E-state index >= 15 is 0 Å². The van der Waals surface area contributed by atoms with Crippen LogP contribution in [0.15, 0.2) is 0 Å². The molecule has 3 nitrogen and oxygen atoms in total. The summed E-state index contributed by atoms with van der Waals surface area (Å²) in [6.45, 7) is 7.65. The second-order valence-electron chi connectivity index (χ2n) is 5.91. The lowest BCUT2D eigenvalue weighted by Crippen LogP contribution is -2.42. The lowest BCUT2D eigenvalue weighted by molar-refractivity contribution is -0.133. The van der Waals surface area contributed by atoms with Gasteiger partial charge in [0, 0.05) is 25.6 Å². The van der Waals surface area contributed by atoms with E-state index in [1.54, 1.807) is 0 Å². The Morgan fingerprint density at radius 2 is 2.06 bits per heavy atom. The Morgan fingerprint density at radius 1 is 1.28 bits per heavy atom. The van der Waals surface area contributed by atoms with Gasteiger partial charge < -0.3 is 10.2 Å². The standard InChI is InChI=1S/C14H26N2O.ClH/c1-11-7-9-16(10-12(11)2)14(17)6-5-13-4-3-8-15-13;/h11-13,15H,3-10H2,1-2H3;1H. The van der Waals surface area contributed by atoms with Gasteiger partial charge in [0.15, 0.2) is 0 Å². The molecule has 2 fully saturated rings. The van der Waals surface area contributed by atoms with Crippen molar-refractivity contribution in [1.29, 1.82) is 0 Å². The first-order valence-electron chi connectivity index (χ1n) is 7.18. The molecule has 2 aliphatic heterocycles. The topological polar surface area (TPSA) is 32.3 Å². The van der Waals surface area contributed by atoms with Gasteiger partial charge in [-0.3, -0.25) is 4.79 Å². The summed E-state index contributed by atoms with van der Waals surface area (Å²) in [7, 11) is 0. The Hall–Kier alpha value is -0.280. The highest BCUT2D eigenvalue weighted by atomic mass is 35.5. The Kier molecular flexibility index (Phi) is 6.44. The molecule has 0 aliphatic carbocycles. The van der Waals surface area contributed by atoms with E-state index in [0.717, 1.165) is 38.4 Å². The van der Waals surface area contributed by atoms with Crippen molar-refractivity contribution in [2.45, 2.75) is 52.0 Å². The third-order valence-corrected chi connectivity index (χ3v) is 4.56. The number of hydrogen-bond donors (Lipinski definition) is 1. The molecule has 4 heteroatoms. The van der Waals surface area contributed by atoms with Gasteiger partial charge in [-0.15, -0.1) is 12.4 Å². The van der Waals surface area contributed by atoms with Crippen LogP contribution >= 0.6 is 12.4 Å². The predicted molar refractivity (Wildman–Crippen MR) is 77.0 cm³/mol. The van der Waals surface area contributed by atoms with Crippen molar-refractivity contribution in [3.63, 3.8) is 0 Å². The lowest BCUT2D eigenvalue weighted by atomic mass is 9.88. The molecule has 0 aromatic heterocycles. The summed E-state index contributed by atoms with van der Waals surface area (Å²) < 4.78 is 0. The number of piperidine rings is 1. The Labute approximate surface area is 117 Å². The first kappa shape index (κ1) is 15.8. The molecule has 0 radical (unpaired) electrons. The first-order valence-corrected chi connectivity index (χ1v) is 7.18. The van der Waals surface area contributed by atoms with E-state index in [1.807, 2.05) is 0 Å². The molecule has 1 amide bonds. The van der Waals surface area contributed by atoms with E-state index in [0.29, 0.717) is 17.9 Å². The maximum atomic E-state index is 12.1. The molecule has 2 saturated heterocycles. The quantitative estimate of drug-likeness (QED) is 0.857. The second-order valence-corrected chi connectivity index (χ2v) is 5.91. The number of nitrogens with zero attached hydrogens (tertiary/aromatic N) is 1. The Morgan fingerprint density at radius 3 is 2.67 bits per heavy atom. The van der Waals surface area contributed by atoms with E-state index in [2.05, 4.69) is 24.1 Å². The molecule has 0 saturated carbocycles. The van der Waals surface area contributed by atoms with Gasteiger partial charge in [-0.2, -0.15) is 0 Å². The fraction of sp³-hybridized carbons (Fsp3) is 0.929. The summed E-state index contributed by atoms with van der Waals surface area (Å²) in [5.41, 5.74) is 0. The van der Waals surface area contributed by atoms with Gasteiger partial charge in [-0.1, -0.05) is 13.8 Å². The maximum absolute atomic E-state index is 12.1. The van der Waals surface area contributed by atoms with Crippen LogP contribution in [-0.2, 0) is 4.79 Å². The van der Waals surface area contributed by atoms with Crippen molar-refractivity contribution in [1.82, 2.24) is 10.2 Å². The normalized spacial score (nSPS) is 32.1. The molecule has 0 aromatic rings. The minimum atomic E-state index is 0. The Bertz CT molecular complexity index is 267. The molecule has 0 aromatic carbocycles. The molecule has 0 spiro atoms. The van der Waals surface area contributed by atoms with Crippen LogP contribution < -0.4 is 5.32 Å². The van der Waals surface area contributed by atoms with Crippen LogP contribution in [0, 0.1) is 11.8 Å². The van der Waals surface area contributed by atoms with Crippen LogP contribution in [0.5, 0.6) is 0 Å². The van der Waals surface area contributed by atoms with Gasteiger partial charge >= 0.3 is 0 Å². The van der Waals surface area contributed by atoms with E-state index in [9.17, 15) is 4.79 Å². The van der Waals surface area contributed by atoms with Crippen LogP contribution in [0.4, 0.5) is 0 Å². The molecular weight excluding hydrogens is 248 g/mol. The Balaban J connectivity index is 0.00000162. The van der Waals surface area contributed by atoms with Crippen LogP contribution in [-0.4, -0.2) is 36.5 Å². The number of nitrogens with one attached hydrogen (secondary N) is 1. The highest BCUT2D eigenvalue weighted by molar-refractivity contribution is 5.85. The van der Waals surface area contributed by atoms with E-state index in [-0.39, 0.29) is 12.4 Å². The summed E-state index contributed by atoms with van der Waals surface area (Å²) in [5, 5.41) is 3.46. The first-order chi connectivity index (χ1) is 8.16. The average molecular weight is 275 g/mol. The van der Waals surface area contributed by atoms with Gasteiger partial charge in [0.1, 0.15) is 0 Å². The van der Waals surface area contributed by atoms with Crippen molar-refractivity contribution < 1.29 is 4.79 Å². The molecular formula is C14H27ClN2O. The number of carbonyl (C=O) groups is 1. The zero-order valence-corrected chi connectivity index (χ0v) is 12.5. The van der Waals surface area contributed by atoms with Gasteiger partial charge in [-0.25, -0.2) is 0 Å². The highest BCUT2D eigenvalue weighted by Crippen LogP contribution is 2.23. The minimum absolute atomic E-state index is 0. The van der Waals surface area contributed by atoms with Gasteiger partial charge in [0.2, 0.25) is 5.91 Å². The van der Waals surface area contributed by atoms with Crippen molar-refractivity contribution in [3.8, 4) is 0 Å². The molecule has 2 aliphatic rings. The van der Waals surface area contributed by atoms with E-state index in [1.165, 1.54) is 19.3 Å². The monoisotopic (exact) mass is 274 g/mol. The summed E-state index contributed by atoms with van der Waals surface area (Å²) in [6.07, 6.45) is 5.46. The summed E-state index contributed by atoms with van der Waals surface area (Å²) >= 11 is 0. The molecule has 2 rings (SSSR count). The SMILES string of the molecule is CC1CCN(C(=O)CCC2CCCN2)CC1C.Cl. The van der Waals surface area contributed by atoms with Crippen molar-refractivity contribution in [2.75, 3.05) is 19.6 Å². The number of likely N-dealkylation sites (tertiary alicyclic amines) is 1. The molecule has 0 bridgehead atoms. The van der Waals surface area contributed by atoms with Crippen LogP contribution in [0.3, 0.4) is 0 Å². The molecule has 3 atom stereocenters. The fourth-order valence-corrected chi connectivity index (χ4v) is 2.95. The summed E-state index contributed by atoms with van der Waals surface area (Å²) in [6, 6.07) is 0.597. The number of rotatable bonds is 3. The molecule has 2 heterocycles. The van der Waals surface area contributed by atoms with Crippen LogP contribution in [0.1, 0.15) is 46.0 Å². The van der Waals surface area contributed by atoms with Crippen LogP contribution in [0.25, 0.3) is 0 Å². The third-order valence-electron chi connectivity index (χ3n) is 4.56. The highest BCUT2D eigenvalue weighted by Gasteiger charge is 2.26. The minimum Gasteiger partial charge on any atom is -0.342 e. The van der Waals surface area contributed by atoms with Gasteiger partial charge in [-0.05, 0) is 44.1 Å². The maximum Gasteiger partial charge on any atom is 0.222 e. The number of carbonyl (C=O) groups excluding carboxylic acids is 1. The number of amides is 1. The lowest BCUT2D eigenvalue weighted by Gasteiger charge is -2.35. The van der Waals surface area contributed by atoms with Crippen molar-refractivity contribution in [2.24, 2.45) is 11.8 Å². The van der Waals surface area contributed by atoms with E-state index < -0.39 is 0 Å². The largest absolute Gasteiger partial charge is 0.342 e. The van der Waals surface area contributed by atoms with Gasteiger partial charge in [0.25, 0.3) is 0 Å². The predicted octanol–water partition coefficient (Wildman–Crippen LogP) is 2.44. The second kappa shape index (κ2) is 7.34. The van der Waals surface area contributed by atoms with Crippen molar-refractivity contribution in [3.05, 3.63) is 0 Å². The molecule has 106 valence electrons. The smallest absolute Gasteiger partial charge is 0.222 e. The van der Waals surface area contributed by atoms with Crippen molar-refractivity contribution >= 4 is 18.3 Å². The average Bonchev–Trinajstić information content (AvgIpc) is 2.82. The third kappa shape index (κ3) is 4.13. The van der Waals surface area contributed by atoms with Gasteiger partial charge in [0.05, 0.1) is 0 Å². The van der Waals surface area contributed by atoms with E-state index in [4.69, 9.17) is 0 Å². The molecule has 18 heavy (non-hydrogen) atoms. The zero-order valence-electron chi connectivity index (χ0n) is 11.7.